The topological polar surface area (TPSA) is 132 Å². The van der Waals surface area contributed by atoms with Crippen LogP contribution in [0.3, 0.4) is 0 Å². The van der Waals surface area contributed by atoms with Crippen molar-refractivity contribution in [1.29, 1.82) is 0 Å². The van der Waals surface area contributed by atoms with Gasteiger partial charge in [0.05, 0.1) is 31.4 Å². The lowest BCUT2D eigenvalue weighted by Gasteiger charge is -2.33. The first-order chi connectivity index (χ1) is 23.5. The van der Waals surface area contributed by atoms with Gasteiger partial charge >= 0.3 is 11.9 Å². The maximum atomic E-state index is 13.7. The highest BCUT2D eigenvalue weighted by molar-refractivity contribution is 6.12. The van der Waals surface area contributed by atoms with Crippen LogP contribution in [0.5, 0.6) is 5.75 Å². The van der Waals surface area contributed by atoms with Gasteiger partial charge in [0.2, 0.25) is 5.54 Å². The lowest BCUT2D eigenvalue weighted by molar-refractivity contribution is -0.163. The van der Waals surface area contributed by atoms with Crippen molar-refractivity contribution in [2.45, 2.75) is 18.9 Å². The van der Waals surface area contributed by atoms with E-state index in [1.165, 1.54) is 22.9 Å². The number of esters is 2. The average molecular weight is 664 g/mol. The van der Waals surface area contributed by atoms with Crippen molar-refractivity contribution in [3.63, 3.8) is 0 Å². The molecular formula is C38H37N3O8. The molecule has 1 aliphatic heterocycles. The Hall–Kier alpha value is -5.97. The molecule has 0 fully saturated rings. The summed E-state index contributed by atoms with van der Waals surface area (Å²) in [6, 6.07) is 25.8. The minimum absolute atomic E-state index is 0.0658. The van der Waals surface area contributed by atoms with Gasteiger partial charge in [-0.05, 0) is 48.4 Å². The van der Waals surface area contributed by atoms with Crippen molar-refractivity contribution < 1.29 is 38.2 Å². The smallest absolute Gasteiger partial charge is 0.340 e. The summed E-state index contributed by atoms with van der Waals surface area (Å²) < 4.78 is 16.5. The molecule has 1 N–H and O–H groups in total. The number of methoxy groups -OCH3 is 1. The summed E-state index contributed by atoms with van der Waals surface area (Å²) in [7, 11) is 6.19. The number of rotatable bonds is 11. The van der Waals surface area contributed by atoms with Gasteiger partial charge in [0, 0.05) is 43.4 Å². The summed E-state index contributed by atoms with van der Waals surface area (Å²) >= 11 is 0. The molecule has 3 amide bonds. The summed E-state index contributed by atoms with van der Waals surface area (Å²) in [5.74, 6) is -2.04. The molecule has 0 radical (unpaired) electrons. The summed E-state index contributed by atoms with van der Waals surface area (Å²) in [5.41, 5.74) is 1.66. The van der Waals surface area contributed by atoms with Gasteiger partial charge in [-0.15, -0.1) is 0 Å². The second-order valence-electron chi connectivity index (χ2n) is 11.6. The number of carbonyl (C=O) groups excluding carboxylic acids is 5. The fraction of sp³-hybridized carbons (Fsp3) is 0.237. The van der Waals surface area contributed by atoms with Crippen LogP contribution in [0, 0.1) is 0 Å². The van der Waals surface area contributed by atoms with Gasteiger partial charge in [0.25, 0.3) is 17.7 Å². The summed E-state index contributed by atoms with van der Waals surface area (Å²) in [6.45, 7) is 1.25. The van der Waals surface area contributed by atoms with E-state index in [9.17, 15) is 24.0 Å². The van der Waals surface area contributed by atoms with Gasteiger partial charge < -0.3 is 29.3 Å². The highest BCUT2D eigenvalue weighted by atomic mass is 16.6. The summed E-state index contributed by atoms with van der Waals surface area (Å²) in [4.78, 5) is 69.2. The Morgan fingerprint density at radius 1 is 0.816 bits per heavy atom. The van der Waals surface area contributed by atoms with Crippen molar-refractivity contribution >= 4 is 35.3 Å². The lowest BCUT2D eigenvalue weighted by atomic mass is 9.90. The molecule has 11 heteroatoms. The Morgan fingerprint density at radius 2 is 1.47 bits per heavy atom. The molecule has 1 heterocycles. The molecule has 0 saturated carbocycles. The van der Waals surface area contributed by atoms with Crippen LogP contribution in [0.4, 0.5) is 5.69 Å². The number of benzene rings is 4. The van der Waals surface area contributed by atoms with Gasteiger partial charge in [-0.25, -0.2) is 4.79 Å². The van der Waals surface area contributed by atoms with E-state index in [1.54, 1.807) is 76.7 Å². The maximum absolute atomic E-state index is 13.7. The molecule has 0 bridgehead atoms. The van der Waals surface area contributed by atoms with Crippen molar-refractivity contribution in [2.24, 2.45) is 0 Å². The number of para-hydroxylation sites is 1. The van der Waals surface area contributed by atoms with Crippen molar-refractivity contribution in [1.82, 2.24) is 9.80 Å². The zero-order valence-corrected chi connectivity index (χ0v) is 27.9. The molecule has 0 aromatic heterocycles. The number of amides is 3. The Morgan fingerprint density at radius 3 is 2.16 bits per heavy atom. The van der Waals surface area contributed by atoms with Crippen LogP contribution in [0.15, 0.2) is 91.0 Å². The van der Waals surface area contributed by atoms with E-state index >= 15 is 0 Å². The van der Waals surface area contributed by atoms with E-state index in [1.807, 2.05) is 36.4 Å². The average Bonchev–Trinajstić information content (AvgIpc) is 3.33. The first-order valence-electron chi connectivity index (χ1n) is 15.6. The second kappa shape index (κ2) is 14.4. The molecule has 1 atom stereocenters. The van der Waals surface area contributed by atoms with Crippen LogP contribution >= 0.6 is 0 Å². The molecular weight excluding hydrogens is 626 g/mol. The summed E-state index contributed by atoms with van der Waals surface area (Å²) in [5, 5.41) is 2.87. The Kier molecular flexibility index (Phi) is 10.1. The van der Waals surface area contributed by atoms with E-state index in [0.29, 0.717) is 33.6 Å². The summed E-state index contributed by atoms with van der Waals surface area (Å²) in [6.07, 6.45) is -0.253. The molecule has 0 saturated heterocycles. The third kappa shape index (κ3) is 6.60. The Labute approximate surface area is 284 Å². The predicted molar refractivity (Wildman–Crippen MR) is 182 cm³/mol. The van der Waals surface area contributed by atoms with E-state index in [2.05, 4.69) is 5.32 Å². The fourth-order valence-corrected chi connectivity index (χ4v) is 5.90. The number of nitrogens with one attached hydrogen (secondary N) is 1. The first-order valence-corrected chi connectivity index (χ1v) is 15.6. The van der Waals surface area contributed by atoms with E-state index in [-0.39, 0.29) is 24.3 Å². The van der Waals surface area contributed by atoms with E-state index < -0.39 is 41.8 Å². The molecule has 4 aromatic carbocycles. The number of ether oxygens (including phenoxy) is 3. The largest absolute Gasteiger partial charge is 0.496 e. The molecule has 4 aromatic rings. The Balaban J connectivity index is 1.39. The molecule has 5 rings (SSSR count). The monoisotopic (exact) mass is 663 g/mol. The normalized spacial score (nSPS) is 14.9. The number of nitrogens with zero attached hydrogens (tertiary/aromatic N) is 2. The zero-order chi connectivity index (χ0) is 35.3. The minimum Gasteiger partial charge on any atom is -0.496 e. The fourth-order valence-electron chi connectivity index (χ4n) is 5.90. The number of anilines is 1. The van der Waals surface area contributed by atoms with Crippen LogP contribution in [-0.2, 0) is 31.0 Å². The van der Waals surface area contributed by atoms with E-state index in [4.69, 9.17) is 14.2 Å². The number of hydrogen-bond donors (Lipinski definition) is 1. The van der Waals surface area contributed by atoms with Crippen LogP contribution in [0.1, 0.15) is 49.1 Å². The van der Waals surface area contributed by atoms with Crippen LogP contribution in [0.2, 0.25) is 0 Å². The van der Waals surface area contributed by atoms with Crippen molar-refractivity contribution in [2.75, 3.05) is 46.8 Å². The number of fused-ring (bicyclic) bond motifs is 1. The van der Waals surface area contributed by atoms with Crippen molar-refractivity contribution in [3.05, 3.63) is 119 Å². The van der Waals surface area contributed by atoms with Gasteiger partial charge in [-0.1, -0.05) is 60.7 Å². The maximum Gasteiger partial charge on any atom is 0.340 e. The first kappa shape index (κ1) is 34.4. The van der Waals surface area contributed by atoms with Gasteiger partial charge in [-0.2, -0.15) is 0 Å². The molecule has 0 aliphatic carbocycles. The molecule has 0 spiro atoms. The lowest BCUT2D eigenvalue weighted by Crippen LogP contribution is -2.52. The number of likely N-dealkylation sites (N-methyl/N-ethyl adjacent to an activating group) is 1. The van der Waals surface area contributed by atoms with E-state index in [0.717, 1.165) is 5.56 Å². The molecule has 11 nitrogen and oxygen atoms in total. The van der Waals surface area contributed by atoms with Crippen LogP contribution < -0.4 is 10.1 Å². The predicted octanol–water partition coefficient (Wildman–Crippen LogP) is 4.95. The minimum atomic E-state index is -1.65. The number of carbonyl (C=O) groups is 5. The molecule has 1 aliphatic rings. The van der Waals surface area contributed by atoms with Crippen LogP contribution in [0.25, 0.3) is 11.1 Å². The van der Waals surface area contributed by atoms with Gasteiger partial charge in [0.1, 0.15) is 12.4 Å². The standard InChI is InChI=1S/C38H37N3O8/c1-6-48-37(46)38(30-17-11-9-16-28(30)36(45)41(38)4)23-49-33(42)22-24-19-20-31(29(21-24)35(44)40(2)3)39-34(43)27-15-8-7-13-25(27)26-14-10-12-18-32(26)47-5/h7-21H,6,22-23H2,1-5H3,(H,39,43)/t38-/m0/s1. The molecule has 49 heavy (non-hydrogen) atoms. The third-order valence-corrected chi connectivity index (χ3v) is 8.42. The number of hydrogen-bond acceptors (Lipinski definition) is 8. The zero-order valence-electron chi connectivity index (χ0n) is 27.9. The van der Waals surface area contributed by atoms with Gasteiger partial charge in [0.15, 0.2) is 0 Å². The van der Waals surface area contributed by atoms with Crippen LogP contribution in [-0.4, -0.2) is 80.9 Å². The highest BCUT2D eigenvalue weighted by Gasteiger charge is 2.55. The van der Waals surface area contributed by atoms with Gasteiger partial charge in [-0.3, -0.25) is 19.2 Å². The SMILES string of the molecule is CCOC(=O)[C@]1(COC(=O)Cc2ccc(NC(=O)c3ccccc3-c3ccccc3OC)c(C(=O)N(C)C)c2)c2ccccc2C(=O)N1C. The second-order valence-corrected chi connectivity index (χ2v) is 11.6. The third-order valence-electron chi connectivity index (χ3n) is 8.42. The molecule has 252 valence electrons. The highest BCUT2D eigenvalue weighted by Crippen LogP contribution is 2.40. The quantitative estimate of drug-likeness (QED) is 0.223. The Bertz CT molecular complexity index is 1940. The van der Waals surface area contributed by atoms with Crippen molar-refractivity contribution in [3.8, 4) is 16.9 Å². The molecule has 0 unspecified atom stereocenters.